The zero-order valence-corrected chi connectivity index (χ0v) is 11.8. The topological polar surface area (TPSA) is 37.8 Å². The SMILES string of the molecule is CCCNc1nc(C2CCCS2)ncc1Br. The maximum atomic E-state index is 4.60. The van der Waals surface area contributed by atoms with Crippen molar-refractivity contribution in [1.29, 1.82) is 0 Å². The summed E-state index contributed by atoms with van der Waals surface area (Å²) in [6.45, 7) is 3.10. The van der Waals surface area contributed by atoms with E-state index in [-0.39, 0.29) is 0 Å². The number of hydrogen-bond acceptors (Lipinski definition) is 4. The summed E-state index contributed by atoms with van der Waals surface area (Å²) in [6, 6.07) is 0. The van der Waals surface area contributed by atoms with Crippen LogP contribution in [-0.4, -0.2) is 22.3 Å². The molecule has 0 aliphatic carbocycles. The van der Waals surface area contributed by atoms with Gasteiger partial charge in [-0.2, -0.15) is 11.8 Å². The summed E-state index contributed by atoms with van der Waals surface area (Å²) in [5.41, 5.74) is 0. The van der Waals surface area contributed by atoms with E-state index in [2.05, 4.69) is 38.1 Å². The highest BCUT2D eigenvalue weighted by Gasteiger charge is 2.21. The van der Waals surface area contributed by atoms with E-state index in [1.165, 1.54) is 18.6 Å². The van der Waals surface area contributed by atoms with E-state index in [1.54, 1.807) is 0 Å². The molecule has 3 nitrogen and oxygen atoms in total. The van der Waals surface area contributed by atoms with E-state index in [9.17, 15) is 0 Å². The molecule has 2 heterocycles. The lowest BCUT2D eigenvalue weighted by molar-refractivity contribution is 0.775. The van der Waals surface area contributed by atoms with Crippen molar-refractivity contribution in [2.75, 3.05) is 17.6 Å². The number of nitrogens with zero attached hydrogens (tertiary/aromatic N) is 2. The molecule has 1 aliphatic rings. The summed E-state index contributed by atoms with van der Waals surface area (Å²) in [7, 11) is 0. The Morgan fingerprint density at radius 1 is 1.62 bits per heavy atom. The lowest BCUT2D eigenvalue weighted by Crippen LogP contribution is -2.06. The molecule has 88 valence electrons. The van der Waals surface area contributed by atoms with Crippen LogP contribution in [0.5, 0.6) is 0 Å². The molecule has 16 heavy (non-hydrogen) atoms. The third-order valence-electron chi connectivity index (χ3n) is 2.52. The second-order valence-corrected chi connectivity index (χ2v) is 6.02. The summed E-state index contributed by atoms with van der Waals surface area (Å²) in [5.74, 6) is 3.14. The maximum Gasteiger partial charge on any atom is 0.144 e. The van der Waals surface area contributed by atoms with Gasteiger partial charge >= 0.3 is 0 Å². The Kier molecular flexibility index (Phi) is 4.46. The van der Waals surface area contributed by atoms with Crippen molar-refractivity contribution >= 4 is 33.5 Å². The first-order valence-corrected chi connectivity index (χ1v) is 7.53. The summed E-state index contributed by atoms with van der Waals surface area (Å²) >= 11 is 5.44. The van der Waals surface area contributed by atoms with Crippen molar-refractivity contribution in [2.24, 2.45) is 0 Å². The first-order valence-electron chi connectivity index (χ1n) is 5.69. The molecule has 0 radical (unpaired) electrons. The minimum atomic E-state index is 0.496. The van der Waals surface area contributed by atoms with E-state index in [0.717, 1.165) is 29.1 Å². The van der Waals surface area contributed by atoms with E-state index in [1.807, 2.05) is 18.0 Å². The molecule has 0 amide bonds. The average Bonchev–Trinajstić information content (AvgIpc) is 2.81. The zero-order valence-electron chi connectivity index (χ0n) is 9.37. The van der Waals surface area contributed by atoms with Gasteiger partial charge < -0.3 is 5.32 Å². The van der Waals surface area contributed by atoms with Gasteiger partial charge in [-0.25, -0.2) is 9.97 Å². The lowest BCUT2D eigenvalue weighted by atomic mass is 10.2. The van der Waals surface area contributed by atoms with Crippen molar-refractivity contribution in [3.8, 4) is 0 Å². The number of halogens is 1. The van der Waals surface area contributed by atoms with Crippen LogP contribution in [0, 0.1) is 0 Å². The first-order chi connectivity index (χ1) is 7.81. The van der Waals surface area contributed by atoms with Crippen LogP contribution in [0.3, 0.4) is 0 Å². The van der Waals surface area contributed by atoms with Gasteiger partial charge in [-0.05, 0) is 40.9 Å². The predicted molar refractivity (Wildman–Crippen MR) is 72.9 cm³/mol. The minimum absolute atomic E-state index is 0.496. The molecule has 1 atom stereocenters. The molecule has 0 saturated carbocycles. The standard InChI is InChI=1S/C11H16BrN3S/c1-2-5-13-10-8(12)7-14-11(15-10)9-4-3-6-16-9/h7,9H,2-6H2,1H3,(H,13,14,15). The fourth-order valence-electron chi connectivity index (χ4n) is 1.68. The number of nitrogens with one attached hydrogen (secondary N) is 1. The zero-order chi connectivity index (χ0) is 11.4. The van der Waals surface area contributed by atoms with Crippen LogP contribution in [0.4, 0.5) is 5.82 Å². The van der Waals surface area contributed by atoms with Gasteiger partial charge in [0, 0.05) is 12.7 Å². The Morgan fingerprint density at radius 3 is 3.19 bits per heavy atom. The van der Waals surface area contributed by atoms with Gasteiger partial charge in [0.05, 0.1) is 9.72 Å². The van der Waals surface area contributed by atoms with Gasteiger partial charge in [0.1, 0.15) is 11.6 Å². The van der Waals surface area contributed by atoms with Crippen molar-refractivity contribution in [3.63, 3.8) is 0 Å². The molecule has 2 rings (SSSR count). The lowest BCUT2D eigenvalue weighted by Gasteiger charge is -2.11. The first kappa shape index (κ1) is 12.2. The van der Waals surface area contributed by atoms with Crippen LogP contribution >= 0.6 is 27.7 Å². The highest BCUT2D eigenvalue weighted by molar-refractivity contribution is 9.10. The molecule has 5 heteroatoms. The molecular weight excluding hydrogens is 286 g/mol. The highest BCUT2D eigenvalue weighted by atomic mass is 79.9. The summed E-state index contributed by atoms with van der Waals surface area (Å²) in [4.78, 5) is 9.01. The van der Waals surface area contributed by atoms with Crippen molar-refractivity contribution in [3.05, 3.63) is 16.5 Å². The Bertz CT molecular complexity index is 353. The third kappa shape index (κ3) is 2.88. The van der Waals surface area contributed by atoms with Gasteiger partial charge in [0.25, 0.3) is 0 Å². The summed E-state index contributed by atoms with van der Waals surface area (Å²) < 4.78 is 0.952. The quantitative estimate of drug-likeness (QED) is 0.921. The van der Waals surface area contributed by atoms with E-state index in [0.29, 0.717) is 5.25 Å². The fourth-order valence-corrected chi connectivity index (χ4v) is 3.23. The Balaban J connectivity index is 2.13. The third-order valence-corrected chi connectivity index (χ3v) is 4.48. The summed E-state index contributed by atoms with van der Waals surface area (Å²) in [5, 5.41) is 3.81. The maximum absolute atomic E-state index is 4.60. The predicted octanol–water partition coefficient (Wildman–Crippen LogP) is 3.63. The van der Waals surface area contributed by atoms with Gasteiger partial charge in [-0.1, -0.05) is 6.92 Å². The van der Waals surface area contributed by atoms with Crippen LogP contribution in [0.1, 0.15) is 37.3 Å². The van der Waals surface area contributed by atoms with Crippen molar-refractivity contribution in [2.45, 2.75) is 31.4 Å². The van der Waals surface area contributed by atoms with Gasteiger partial charge in [-0.15, -0.1) is 0 Å². The Hall–Kier alpha value is -0.290. The fraction of sp³-hybridized carbons (Fsp3) is 0.636. The molecule has 0 spiro atoms. The Morgan fingerprint density at radius 2 is 2.50 bits per heavy atom. The smallest absolute Gasteiger partial charge is 0.144 e. The van der Waals surface area contributed by atoms with Crippen LogP contribution in [0.25, 0.3) is 0 Å². The van der Waals surface area contributed by atoms with Gasteiger partial charge in [0.15, 0.2) is 0 Å². The molecule has 1 unspecified atom stereocenters. The van der Waals surface area contributed by atoms with E-state index < -0.39 is 0 Å². The highest BCUT2D eigenvalue weighted by Crippen LogP contribution is 2.38. The summed E-state index contributed by atoms with van der Waals surface area (Å²) in [6.07, 6.45) is 5.45. The van der Waals surface area contributed by atoms with E-state index >= 15 is 0 Å². The van der Waals surface area contributed by atoms with E-state index in [4.69, 9.17) is 0 Å². The van der Waals surface area contributed by atoms with Crippen LogP contribution in [0.15, 0.2) is 10.7 Å². The minimum Gasteiger partial charge on any atom is -0.369 e. The largest absolute Gasteiger partial charge is 0.369 e. The van der Waals surface area contributed by atoms with Crippen LogP contribution in [-0.2, 0) is 0 Å². The molecule has 1 saturated heterocycles. The number of hydrogen-bond donors (Lipinski definition) is 1. The molecule has 0 aromatic carbocycles. The molecule has 1 N–H and O–H groups in total. The second-order valence-electron chi connectivity index (χ2n) is 3.85. The molecule has 1 fully saturated rings. The van der Waals surface area contributed by atoms with Crippen molar-refractivity contribution in [1.82, 2.24) is 9.97 Å². The van der Waals surface area contributed by atoms with Crippen LogP contribution < -0.4 is 5.32 Å². The second kappa shape index (κ2) is 5.87. The number of anilines is 1. The normalized spacial score (nSPS) is 20.0. The number of aromatic nitrogens is 2. The molecular formula is C11H16BrN3S. The van der Waals surface area contributed by atoms with Crippen LogP contribution in [0.2, 0.25) is 0 Å². The molecule has 1 aromatic heterocycles. The number of rotatable bonds is 4. The molecule has 1 aliphatic heterocycles. The monoisotopic (exact) mass is 301 g/mol. The Labute approximate surface area is 109 Å². The molecule has 0 bridgehead atoms. The van der Waals surface area contributed by atoms with Crippen molar-refractivity contribution < 1.29 is 0 Å². The molecule has 1 aromatic rings. The number of thioether (sulfide) groups is 1. The van der Waals surface area contributed by atoms with Gasteiger partial charge in [0.2, 0.25) is 0 Å². The van der Waals surface area contributed by atoms with Gasteiger partial charge in [-0.3, -0.25) is 0 Å². The average molecular weight is 302 g/mol.